The highest BCUT2D eigenvalue weighted by Gasteiger charge is 2.40. The molecule has 1 saturated carbocycles. The molecular formula is C25H38O5. The molecule has 1 aromatic rings. The normalized spacial score (nSPS) is 25.1. The number of rotatable bonds is 12. The van der Waals surface area contributed by atoms with Crippen LogP contribution in [0, 0.1) is 11.8 Å². The fourth-order valence-electron chi connectivity index (χ4n) is 4.34. The third-order valence-corrected chi connectivity index (χ3v) is 5.86. The minimum absolute atomic E-state index is 0.00362. The molecule has 0 bridgehead atoms. The van der Waals surface area contributed by atoms with Crippen molar-refractivity contribution < 1.29 is 24.9 Å². The molecule has 5 nitrogen and oxygen atoms in total. The van der Waals surface area contributed by atoms with Crippen LogP contribution in [-0.2, 0) is 16.0 Å². The van der Waals surface area contributed by atoms with E-state index in [1.54, 1.807) is 0 Å². The summed E-state index contributed by atoms with van der Waals surface area (Å²) in [7, 11) is 0. The maximum Gasteiger partial charge on any atom is 0.306 e. The number of esters is 1. The van der Waals surface area contributed by atoms with Gasteiger partial charge in [0.25, 0.3) is 0 Å². The van der Waals surface area contributed by atoms with Gasteiger partial charge in [0, 0.05) is 6.42 Å². The number of unbranched alkanes of at least 4 members (excludes halogenated alkanes) is 1. The van der Waals surface area contributed by atoms with Crippen LogP contribution in [0.2, 0.25) is 0 Å². The smallest absolute Gasteiger partial charge is 0.306 e. The highest BCUT2D eigenvalue weighted by atomic mass is 16.5. The summed E-state index contributed by atoms with van der Waals surface area (Å²) in [6, 6.07) is 9.91. The highest BCUT2D eigenvalue weighted by Crippen LogP contribution is 2.38. The lowest BCUT2D eigenvalue weighted by Crippen LogP contribution is -2.24. The van der Waals surface area contributed by atoms with E-state index in [1.807, 2.05) is 56.3 Å². The third-order valence-electron chi connectivity index (χ3n) is 5.86. The Morgan fingerprint density at radius 1 is 1.13 bits per heavy atom. The second-order valence-electron chi connectivity index (χ2n) is 8.76. The van der Waals surface area contributed by atoms with E-state index in [0.29, 0.717) is 38.5 Å². The second-order valence-corrected chi connectivity index (χ2v) is 8.76. The molecule has 1 aliphatic carbocycles. The third kappa shape index (κ3) is 8.58. The van der Waals surface area contributed by atoms with Crippen molar-refractivity contribution in [3.63, 3.8) is 0 Å². The average molecular weight is 419 g/mol. The first-order chi connectivity index (χ1) is 14.4. The Balaban J connectivity index is 1.73. The van der Waals surface area contributed by atoms with Crippen molar-refractivity contribution in [2.45, 2.75) is 89.6 Å². The maximum absolute atomic E-state index is 11.5. The van der Waals surface area contributed by atoms with E-state index < -0.39 is 18.3 Å². The zero-order chi connectivity index (χ0) is 21.9. The zero-order valence-corrected chi connectivity index (χ0v) is 18.3. The molecule has 4 unspecified atom stereocenters. The number of aliphatic hydroxyl groups is 3. The predicted octanol–water partition coefficient (Wildman–Crippen LogP) is 3.80. The van der Waals surface area contributed by atoms with E-state index in [1.165, 1.54) is 0 Å². The van der Waals surface area contributed by atoms with E-state index in [0.717, 1.165) is 18.4 Å². The van der Waals surface area contributed by atoms with Crippen molar-refractivity contribution in [1.29, 1.82) is 0 Å². The van der Waals surface area contributed by atoms with Gasteiger partial charge in [0.05, 0.1) is 24.4 Å². The summed E-state index contributed by atoms with van der Waals surface area (Å²) >= 11 is 0. The van der Waals surface area contributed by atoms with E-state index in [9.17, 15) is 20.1 Å². The number of carbonyl (C=O) groups is 1. The Morgan fingerprint density at radius 2 is 1.83 bits per heavy atom. The summed E-state index contributed by atoms with van der Waals surface area (Å²) in [5, 5.41) is 31.1. The van der Waals surface area contributed by atoms with Crippen LogP contribution in [-0.4, -0.2) is 45.7 Å². The molecule has 2 rings (SSSR count). The quantitative estimate of drug-likeness (QED) is 0.273. The second kappa shape index (κ2) is 12.9. The highest BCUT2D eigenvalue weighted by molar-refractivity contribution is 5.69. The number of benzene rings is 1. The first-order valence-electron chi connectivity index (χ1n) is 11.3. The van der Waals surface area contributed by atoms with Gasteiger partial charge in [-0.1, -0.05) is 42.5 Å². The monoisotopic (exact) mass is 418 g/mol. The van der Waals surface area contributed by atoms with Crippen LogP contribution < -0.4 is 0 Å². The van der Waals surface area contributed by atoms with E-state index in [4.69, 9.17) is 4.74 Å². The number of hydrogen-bond acceptors (Lipinski definition) is 5. The number of carbonyl (C=O) groups excluding carboxylic acids is 1. The van der Waals surface area contributed by atoms with Gasteiger partial charge in [-0.05, 0) is 76.2 Å². The average Bonchev–Trinajstić information content (AvgIpc) is 2.95. The van der Waals surface area contributed by atoms with E-state index in [2.05, 4.69) is 0 Å². The zero-order valence-electron chi connectivity index (χ0n) is 18.3. The molecule has 30 heavy (non-hydrogen) atoms. The summed E-state index contributed by atoms with van der Waals surface area (Å²) in [5.74, 6) is -0.163. The van der Waals surface area contributed by atoms with Gasteiger partial charge in [-0.3, -0.25) is 4.79 Å². The van der Waals surface area contributed by atoms with Gasteiger partial charge in [-0.2, -0.15) is 0 Å². The van der Waals surface area contributed by atoms with Gasteiger partial charge < -0.3 is 20.1 Å². The summed E-state index contributed by atoms with van der Waals surface area (Å²) in [6.45, 7) is 3.69. The lowest BCUT2D eigenvalue weighted by Gasteiger charge is -2.23. The lowest BCUT2D eigenvalue weighted by atomic mass is 9.85. The molecule has 5 atom stereocenters. The summed E-state index contributed by atoms with van der Waals surface area (Å²) < 4.78 is 5.12. The van der Waals surface area contributed by atoms with Crippen molar-refractivity contribution in [3.05, 3.63) is 48.0 Å². The van der Waals surface area contributed by atoms with Crippen LogP contribution in [0.5, 0.6) is 0 Å². The van der Waals surface area contributed by atoms with E-state index >= 15 is 0 Å². The first kappa shape index (κ1) is 24.6. The lowest BCUT2D eigenvalue weighted by molar-refractivity contribution is -0.147. The Bertz CT molecular complexity index is 642. The molecular weight excluding hydrogens is 380 g/mol. The standard InChI is InChI=1S/C25H38O5/c1-18(2)30-25(29)13-9-4-3-8-12-21-22(24(28)17-23(21)27)15-14-20(26)16-19-10-6-5-7-11-19/h3,5-8,10-11,18,20-24,26-28H,4,9,12-17H2,1-2H3/b8-3-/t20?,21?,22-,23?,24?/m1/s1. The van der Waals surface area contributed by atoms with Crippen molar-refractivity contribution in [2.75, 3.05) is 0 Å². The first-order valence-corrected chi connectivity index (χ1v) is 11.3. The van der Waals surface area contributed by atoms with Crippen molar-refractivity contribution >= 4 is 5.97 Å². The molecule has 0 saturated heterocycles. The van der Waals surface area contributed by atoms with Gasteiger partial charge >= 0.3 is 5.97 Å². The molecule has 0 amide bonds. The van der Waals surface area contributed by atoms with Crippen LogP contribution in [0.25, 0.3) is 0 Å². The van der Waals surface area contributed by atoms with Crippen molar-refractivity contribution in [3.8, 4) is 0 Å². The fourth-order valence-corrected chi connectivity index (χ4v) is 4.34. The Labute approximate surface area is 180 Å². The molecule has 0 heterocycles. The van der Waals surface area contributed by atoms with Crippen LogP contribution in [0.4, 0.5) is 0 Å². The van der Waals surface area contributed by atoms with Crippen LogP contribution >= 0.6 is 0 Å². The molecule has 1 fully saturated rings. The van der Waals surface area contributed by atoms with Crippen LogP contribution in [0.3, 0.4) is 0 Å². The molecule has 1 aliphatic rings. The van der Waals surface area contributed by atoms with Crippen LogP contribution in [0.1, 0.15) is 64.4 Å². The molecule has 3 N–H and O–H groups in total. The van der Waals surface area contributed by atoms with Crippen molar-refractivity contribution in [2.24, 2.45) is 11.8 Å². The minimum Gasteiger partial charge on any atom is -0.463 e. The Morgan fingerprint density at radius 3 is 2.53 bits per heavy atom. The number of allylic oxidation sites excluding steroid dienone is 2. The number of hydrogen-bond donors (Lipinski definition) is 3. The summed E-state index contributed by atoms with van der Waals surface area (Å²) in [5.41, 5.74) is 1.11. The van der Waals surface area contributed by atoms with Gasteiger partial charge in [0.1, 0.15) is 0 Å². The van der Waals surface area contributed by atoms with Gasteiger partial charge in [-0.25, -0.2) is 0 Å². The van der Waals surface area contributed by atoms with E-state index in [-0.39, 0.29) is 23.9 Å². The molecule has 1 aromatic carbocycles. The molecule has 0 spiro atoms. The molecule has 0 aromatic heterocycles. The maximum atomic E-state index is 11.5. The minimum atomic E-state index is -0.520. The molecule has 0 radical (unpaired) electrons. The Hall–Kier alpha value is -1.69. The Kier molecular flexibility index (Phi) is 10.6. The number of ether oxygens (including phenoxy) is 1. The van der Waals surface area contributed by atoms with Crippen molar-refractivity contribution in [1.82, 2.24) is 0 Å². The molecule has 0 aliphatic heterocycles. The predicted molar refractivity (Wildman–Crippen MR) is 118 cm³/mol. The summed E-state index contributed by atoms with van der Waals surface area (Å²) in [6.07, 6.45) is 7.51. The van der Waals surface area contributed by atoms with Gasteiger partial charge in [0.2, 0.25) is 0 Å². The summed E-state index contributed by atoms with van der Waals surface area (Å²) in [4.78, 5) is 11.5. The molecule has 168 valence electrons. The largest absolute Gasteiger partial charge is 0.463 e. The SMILES string of the molecule is CC(C)OC(=O)CCC/C=C\CC1C(O)CC(O)[C@@H]1CCC(O)Cc1ccccc1. The molecule has 5 heteroatoms. The number of aliphatic hydroxyl groups excluding tert-OH is 3. The fraction of sp³-hybridized carbons (Fsp3) is 0.640. The van der Waals surface area contributed by atoms with Gasteiger partial charge in [0.15, 0.2) is 0 Å². The van der Waals surface area contributed by atoms with Crippen LogP contribution in [0.15, 0.2) is 42.5 Å². The topological polar surface area (TPSA) is 87.0 Å². The van der Waals surface area contributed by atoms with Gasteiger partial charge in [-0.15, -0.1) is 0 Å².